The van der Waals surface area contributed by atoms with Crippen LogP contribution >= 0.6 is 12.4 Å². The van der Waals surface area contributed by atoms with E-state index in [1.165, 1.54) is 13.2 Å². The lowest BCUT2D eigenvalue weighted by atomic mass is 9.95. The average Bonchev–Trinajstić information content (AvgIpc) is 2.47. The summed E-state index contributed by atoms with van der Waals surface area (Å²) in [7, 11) is 1.51. The molecule has 4 nitrogen and oxygen atoms in total. The predicted octanol–water partition coefficient (Wildman–Crippen LogP) is 2.43. The van der Waals surface area contributed by atoms with Gasteiger partial charge < -0.3 is 20.7 Å². The Bertz CT molecular complexity index is 563. The normalized spacial score (nSPS) is 13.1. The number of aliphatic hydroxyl groups excluding tert-OH is 1. The van der Waals surface area contributed by atoms with Gasteiger partial charge in [-0.15, -0.1) is 12.4 Å². The molecule has 0 aromatic heterocycles. The Labute approximate surface area is 130 Å². The maximum Gasteiger partial charge on any atom is 0.127 e. The van der Waals surface area contributed by atoms with E-state index >= 15 is 0 Å². The zero-order valence-corrected chi connectivity index (χ0v) is 12.6. The molecule has 114 valence electrons. The number of rotatable bonds is 5. The lowest BCUT2D eigenvalue weighted by Gasteiger charge is -2.22. The first-order valence-electron chi connectivity index (χ1n) is 6.47. The number of hydrogen-bond acceptors (Lipinski definition) is 4. The summed E-state index contributed by atoms with van der Waals surface area (Å²) in [5.74, 6) is 0.508. The van der Waals surface area contributed by atoms with Crippen LogP contribution in [0.25, 0.3) is 0 Å². The zero-order valence-electron chi connectivity index (χ0n) is 11.8. The summed E-state index contributed by atoms with van der Waals surface area (Å²) in [6.07, 6.45) is -0.390. The Hall–Kier alpha value is -1.75. The molecular weight excluding hydrogens is 290 g/mol. The number of phenols is 1. The van der Waals surface area contributed by atoms with Gasteiger partial charge in [0, 0.05) is 6.42 Å². The van der Waals surface area contributed by atoms with Crippen molar-refractivity contribution in [2.75, 3.05) is 7.11 Å². The Balaban J connectivity index is 0.00000220. The fourth-order valence-electron chi connectivity index (χ4n) is 2.22. The first-order chi connectivity index (χ1) is 9.63. The van der Waals surface area contributed by atoms with Crippen molar-refractivity contribution >= 4 is 12.4 Å². The Morgan fingerprint density at radius 3 is 2.38 bits per heavy atom. The molecule has 0 aliphatic carbocycles. The van der Waals surface area contributed by atoms with Crippen molar-refractivity contribution in [3.63, 3.8) is 0 Å². The second kappa shape index (κ2) is 7.88. The fourth-order valence-corrected chi connectivity index (χ4v) is 2.22. The molecule has 5 heteroatoms. The van der Waals surface area contributed by atoms with Crippen LogP contribution in [0.3, 0.4) is 0 Å². The molecule has 2 aromatic rings. The molecule has 0 bridgehead atoms. The summed E-state index contributed by atoms with van der Waals surface area (Å²) in [6, 6.07) is 13.8. The van der Waals surface area contributed by atoms with E-state index in [-0.39, 0.29) is 18.2 Å². The smallest absolute Gasteiger partial charge is 0.127 e. The Morgan fingerprint density at radius 2 is 1.76 bits per heavy atom. The van der Waals surface area contributed by atoms with E-state index in [4.69, 9.17) is 10.5 Å². The molecule has 0 aliphatic heterocycles. The van der Waals surface area contributed by atoms with Crippen LogP contribution in [0.5, 0.6) is 11.5 Å². The van der Waals surface area contributed by atoms with Crippen LogP contribution in [0.15, 0.2) is 48.5 Å². The quantitative estimate of drug-likeness (QED) is 0.793. The highest BCUT2D eigenvalue weighted by molar-refractivity contribution is 5.85. The van der Waals surface area contributed by atoms with Crippen molar-refractivity contribution in [1.82, 2.24) is 0 Å². The summed E-state index contributed by atoms with van der Waals surface area (Å²) in [5, 5.41) is 20.2. The van der Waals surface area contributed by atoms with E-state index < -0.39 is 12.1 Å². The van der Waals surface area contributed by atoms with Crippen LogP contribution in [0, 0.1) is 0 Å². The third-order valence-corrected chi connectivity index (χ3v) is 3.30. The summed E-state index contributed by atoms with van der Waals surface area (Å²) in [4.78, 5) is 0. The van der Waals surface area contributed by atoms with Crippen LogP contribution in [0.4, 0.5) is 0 Å². The number of phenolic OH excluding ortho intramolecular Hbond substituents is 1. The van der Waals surface area contributed by atoms with Gasteiger partial charge in [0.15, 0.2) is 0 Å². The molecule has 2 aromatic carbocycles. The molecular formula is C16H20ClNO3. The number of aromatic hydroxyl groups is 1. The minimum absolute atomic E-state index is 0. The third-order valence-electron chi connectivity index (χ3n) is 3.30. The highest BCUT2D eigenvalue weighted by atomic mass is 35.5. The van der Waals surface area contributed by atoms with Gasteiger partial charge in [-0.1, -0.05) is 36.4 Å². The molecule has 0 saturated carbocycles. The molecule has 0 spiro atoms. The monoisotopic (exact) mass is 309 g/mol. The van der Waals surface area contributed by atoms with Crippen LogP contribution in [-0.4, -0.2) is 23.4 Å². The van der Waals surface area contributed by atoms with Gasteiger partial charge in [-0.3, -0.25) is 0 Å². The molecule has 21 heavy (non-hydrogen) atoms. The van der Waals surface area contributed by atoms with Crippen molar-refractivity contribution in [3.05, 3.63) is 59.7 Å². The number of halogens is 1. The number of benzene rings is 2. The van der Waals surface area contributed by atoms with Crippen molar-refractivity contribution < 1.29 is 14.9 Å². The minimum Gasteiger partial charge on any atom is -0.507 e. The summed E-state index contributed by atoms with van der Waals surface area (Å²) in [6.45, 7) is 0. The van der Waals surface area contributed by atoms with Crippen molar-refractivity contribution in [3.8, 4) is 11.5 Å². The molecule has 0 fully saturated rings. The van der Waals surface area contributed by atoms with Crippen LogP contribution < -0.4 is 10.5 Å². The van der Waals surface area contributed by atoms with Gasteiger partial charge in [-0.25, -0.2) is 0 Å². The van der Waals surface area contributed by atoms with E-state index in [2.05, 4.69) is 0 Å². The third kappa shape index (κ3) is 4.11. The SMILES string of the molecule is COc1cccc(O)c1[C@@H](N)[C@@H](O)Cc1ccccc1.Cl. The van der Waals surface area contributed by atoms with Gasteiger partial charge in [0.05, 0.1) is 24.8 Å². The van der Waals surface area contributed by atoms with E-state index in [0.29, 0.717) is 17.7 Å². The first-order valence-corrected chi connectivity index (χ1v) is 6.47. The van der Waals surface area contributed by atoms with Gasteiger partial charge in [-0.05, 0) is 17.7 Å². The number of nitrogens with two attached hydrogens (primary N) is 1. The minimum atomic E-state index is -0.806. The van der Waals surface area contributed by atoms with Gasteiger partial charge in [0.25, 0.3) is 0 Å². The lowest BCUT2D eigenvalue weighted by Crippen LogP contribution is -2.28. The summed E-state index contributed by atoms with van der Waals surface area (Å²) >= 11 is 0. The highest BCUT2D eigenvalue weighted by Crippen LogP contribution is 2.34. The Morgan fingerprint density at radius 1 is 1.10 bits per heavy atom. The summed E-state index contributed by atoms with van der Waals surface area (Å²) < 4.78 is 5.20. The van der Waals surface area contributed by atoms with Gasteiger partial charge in [-0.2, -0.15) is 0 Å². The van der Waals surface area contributed by atoms with Gasteiger partial charge in [0.2, 0.25) is 0 Å². The number of methoxy groups -OCH3 is 1. The van der Waals surface area contributed by atoms with E-state index in [1.807, 2.05) is 30.3 Å². The first kappa shape index (κ1) is 17.3. The van der Waals surface area contributed by atoms with Crippen LogP contribution in [0.2, 0.25) is 0 Å². The molecule has 0 saturated heterocycles. The van der Waals surface area contributed by atoms with Gasteiger partial charge >= 0.3 is 0 Å². The van der Waals surface area contributed by atoms with Crippen LogP contribution in [-0.2, 0) is 6.42 Å². The fraction of sp³-hybridized carbons (Fsp3) is 0.250. The molecule has 2 atom stereocenters. The van der Waals surface area contributed by atoms with E-state index in [0.717, 1.165) is 5.56 Å². The van der Waals surface area contributed by atoms with Crippen molar-refractivity contribution in [2.24, 2.45) is 5.73 Å². The Kier molecular flexibility index (Phi) is 6.49. The molecule has 0 amide bonds. The van der Waals surface area contributed by atoms with Crippen molar-refractivity contribution in [1.29, 1.82) is 0 Å². The topological polar surface area (TPSA) is 75.7 Å². The van der Waals surface area contributed by atoms with Crippen molar-refractivity contribution in [2.45, 2.75) is 18.6 Å². The second-order valence-electron chi connectivity index (χ2n) is 4.68. The number of aliphatic hydroxyl groups is 1. The largest absolute Gasteiger partial charge is 0.507 e. The van der Waals surface area contributed by atoms with E-state index in [1.54, 1.807) is 12.1 Å². The highest BCUT2D eigenvalue weighted by Gasteiger charge is 2.23. The molecule has 0 unspecified atom stereocenters. The number of ether oxygens (including phenoxy) is 1. The van der Waals surface area contributed by atoms with Crippen LogP contribution in [0.1, 0.15) is 17.2 Å². The van der Waals surface area contributed by atoms with E-state index in [9.17, 15) is 10.2 Å². The molecule has 2 rings (SSSR count). The lowest BCUT2D eigenvalue weighted by molar-refractivity contribution is 0.142. The zero-order chi connectivity index (χ0) is 14.5. The standard InChI is InChI=1S/C16H19NO3.ClH/c1-20-14-9-5-8-12(18)15(14)16(17)13(19)10-11-6-3-2-4-7-11;/h2-9,13,16,18-19H,10,17H2,1H3;1H/t13-,16-;/m0./s1. The second-order valence-corrected chi connectivity index (χ2v) is 4.68. The molecule has 0 radical (unpaired) electrons. The maximum atomic E-state index is 10.3. The summed E-state index contributed by atoms with van der Waals surface area (Å²) in [5.41, 5.74) is 7.49. The molecule has 0 aliphatic rings. The molecule has 4 N–H and O–H groups in total. The number of hydrogen-bond donors (Lipinski definition) is 3. The molecule has 0 heterocycles. The predicted molar refractivity (Wildman–Crippen MR) is 85.0 cm³/mol. The maximum absolute atomic E-state index is 10.3. The average molecular weight is 310 g/mol. The van der Waals surface area contributed by atoms with Gasteiger partial charge in [0.1, 0.15) is 11.5 Å².